The summed E-state index contributed by atoms with van der Waals surface area (Å²) in [6.07, 6.45) is 2.64. The Bertz CT molecular complexity index is 205. The predicted molar refractivity (Wildman–Crippen MR) is 40.7 cm³/mol. The van der Waals surface area contributed by atoms with Crippen molar-refractivity contribution in [2.75, 3.05) is 0 Å². The number of aryl methyl sites for hydroxylation is 1. The Kier molecular flexibility index (Phi) is 2.12. The number of hydrogen-bond donors (Lipinski definition) is 1. The third-order valence-corrected chi connectivity index (χ3v) is 1.74. The van der Waals surface area contributed by atoms with Crippen LogP contribution in [-0.2, 0) is 0 Å². The maximum Gasteiger partial charge on any atom is 0.105 e. The Balaban J connectivity index is 2.82. The first-order valence-corrected chi connectivity index (χ1v) is 3.55. The van der Waals surface area contributed by atoms with Crippen molar-refractivity contribution in [2.24, 2.45) is 5.73 Å². The van der Waals surface area contributed by atoms with Gasteiger partial charge in [0.2, 0.25) is 0 Å². The lowest BCUT2D eigenvalue weighted by molar-refractivity contribution is 0.523. The third-order valence-electron chi connectivity index (χ3n) is 1.74. The van der Waals surface area contributed by atoms with E-state index in [0.717, 1.165) is 17.7 Å². The average molecular weight is 139 g/mol. The molecule has 0 saturated carbocycles. The number of hydrogen-bond acceptors (Lipinski definition) is 2. The molecule has 0 fully saturated rings. The second kappa shape index (κ2) is 2.88. The monoisotopic (exact) mass is 139 g/mol. The zero-order valence-electron chi connectivity index (χ0n) is 6.42. The second-order valence-electron chi connectivity index (χ2n) is 2.45. The van der Waals surface area contributed by atoms with Crippen LogP contribution < -0.4 is 5.73 Å². The first kappa shape index (κ1) is 7.35. The highest BCUT2D eigenvalue weighted by molar-refractivity contribution is 5.19. The summed E-state index contributed by atoms with van der Waals surface area (Å²) in [7, 11) is 0. The number of furan rings is 1. The van der Waals surface area contributed by atoms with Crippen molar-refractivity contribution in [1.29, 1.82) is 0 Å². The van der Waals surface area contributed by atoms with Crippen molar-refractivity contribution in [3.05, 3.63) is 23.7 Å². The average Bonchev–Trinajstić information content (AvgIpc) is 2.34. The van der Waals surface area contributed by atoms with E-state index < -0.39 is 0 Å². The van der Waals surface area contributed by atoms with Gasteiger partial charge in [0.05, 0.1) is 6.26 Å². The molecule has 1 rings (SSSR count). The van der Waals surface area contributed by atoms with Gasteiger partial charge in [0.25, 0.3) is 0 Å². The molecule has 1 atom stereocenters. The Hall–Kier alpha value is -0.760. The van der Waals surface area contributed by atoms with Crippen LogP contribution in [0.25, 0.3) is 0 Å². The zero-order valence-corrected chi connectivity index (χ0v) is 6.42. The summed E-state index contributed by atoms with van der Waals surface area (Å²) >= 11 is 0. The van der Waals surface area contributed by atoms with Gasteiger partial charge in [0.1, 0.15) is 5.76 Å². The van der Waals surface area contributed by atoms with Gasteiger partial charge in [-0.2, -0.15) is 0 Å². The van der Waals surface area contributed by atoms with E-state index in [2.05, 4.69) is 6.92 Å². The smallest absolute Gasteiger partial charge is 0.105 e. The summed E-state index contributed by atoms with van der Waals surface area (Å²) in [6.45, 7) is 4.00. The summed E-state index contributed by atoms with van der Waals surface area (Å²) < 4.78 is 5.11. The van der Waals surface area contributed by atoms with Crippen LogP contribution in [0, 0.1) is 6.92 Å². The van der Waals surface area contributed by atoms with E-state index in [1.165, 1.54) is 0 Å². The number of rotatable bonds is 2. The van der Waals surface area contributed by atoms with Crippen LogP contribution in [0.5, 0.6) is 0 Å². The molecule has 0 aliphatic heterocycles. The molecule has 0 amide bonds. The molecule has 1 heterocycles. The zero-order chi connectivity index (χ0) is 7.56. The van der Waals surface area contributed by atoms with Crippen LogP contribution in [0.15, 0.2) is 16.7 Å². The summed E-state index contributed by atoms with van der Waals surface area (Å²) in [4.78, 5) is 0. The van der Waals surface area contributed by atoms with Gasteiger partial charge in [-0.1, -0.05) is 6.92 Å². The van der Waals surface area contributed by atoms with Gasteiger partial charge in [-0.15, -0.1) is 0 Å². The molecule has 0 spiro atoms. The van der Waals surface area contributed by atoms with E-state index in [1.807, 2.05) is 13.0 Å². The summed E-state index contributed by atoms with van der Waals surface area (Å²) in [5, 5.41) is 0. The molecule has 0 bridgehead atoms. The lowest BCUT2D eigenvalue weighted by Crippen LogP contribution is -2.08. The molecule has 0 aliphatic rings. The first-order valence-electron chi connectivity index (χ1n) is 3.55. The van der Waals surface area contributed by atoms with Crippen molar-refractivity contribution >= 4 is 0 Å². The van der Waals surface area contributed by atoms with Crippen LogP contribution >= 0.6 is 0 Å². The predicted octanol–water partition coefficient (Wildman–Crippen LogP) is 2.00. The molecule has 1 aromatic heterocycles. The molecule has 10 heavy (non-hydrogen) atoms. The van der Waals surface area contributed by atoms with Gasteiger partial charge in [-0.25, -0.2) is 0 Å². The molecule has 2 nitrogen and oxygen atoms in total. The fourth-order valence-electron chi connectivity index (χ4n) is 0.999. The van der Waals surface area contributed by atoms with Crippen molar-refractivity contribution in [2.45, 2.75) is 26.3 Å². The van der Waals surface area contributed by atoms with Crippen LogP contribution in [0.3, 0.4) is 0 Å². The fraction of sp³-hybridized carbons (Fsp3) is 0.500. The second-order valence-corrected chi connectivity index (χ2v) is 2.45. The highest BCUT2D eigenvalue weighted by atomic mass is 16.3. The highest BCUT2D eigenvalue weighted by Crippen LogP contribution is 2.18. The van der Waals surface area contributed by atoms with Gasteiger partial charge < -0.3 is 10.2 Å². The van der Waals surface area contributed by atoms with Gasteiger partial charge in [0.15, 0.2) is 0 Å². The molecule has 0 saturated heterocycles. The van der Waals surface area contributed by atoms with Crippen LogP contribution in [0.4, 0.5) is 0 Å². The van der Waals surface area contributed by atoms with E-state index in [4.69, 9.17) is 10.2 Å². The first-order chi connectivity index (χ1) is 4.75. The highest BCUT2D eigenvalue weighted by Gasteiger charge is 2.07. The minimum atomic E-state index is 0.138. The molecule has 56 valence electrons. The molecule has 2 N–H and O–H groups in total. The van der Waals surface area contributed by atoms with Gasteiger partial charge >= 0.3 is 0 Å². The topological polar surface area (TPSA) is 39.2 Å². The summed E-state index contributed by atoms with van der Waals surface area (Å²) in [6, 6.07) is 2.07. The molecular weight excluding hydrogens is 126 g/mol. The van der Waals surface area contributed by atoms with E-state index in [0.29, 0.717) is 0 Å². The van der Waals surface area contributed by atoms with Crippen molar-refractivity contribution < 1.29 is 4.42 Å². The Morgan fingerprint density at radius 3 is 2.80 bits per heavy atom. The SMILES string of the molecule is CC[C@H](N)c1ccoc1C. The quantitative estimate of drug-likeness (QED) is 0.680. The standard InChI is InChI=1S/C8H13NO/c1-3-8(9)7-4-5-10-6(7)2/h4-5,8H,3,9H2,1-2H3/t8-/m0/s1. The minimum Gasteiger partial charge on any atom is -0.469 e. The Labute approximate surface area is 61.0 Å². The van der Waals surface area contributed by atoms with Gasteiger partial charge in [-0.05, 0) is 19.4 Å². The largest absolute Gasteiger partial charge is 0.469 e. The fourth-order valence-corrected chi connectivity index (χ4v) is 0.999. The molecule has 1 aromatic rings. The van der Waals surface area contributed by atoms with Gasteiger partial charge in [-0.3, -0.25) is 0 Å². The molecular formula is C8H13NO. The molecule has 0 aromatic carbocycles. The van der Waals surface area contributed by atoms with Crippen molar-refractivity contribution in [3.8, 4) is 0 Å². The lowest BCUT2D eigenvalue weighted by atomic mass is 10.1. The summed E-state index contributed by atoms with van der Waals surface area (Å²) in [5.41, 5.74) is 6.91. The Morgan fingerprint density at radius 2 is 2.40 bits per heavy atom. The van der Waals surface area contributed by atoms with Crippen LogP contribution in [0.1, 0.15) is 30.7 Å². The van der Waals surface area contributed by atoms with E-state index >= 15 is 0 Å². The van der Waals surface area contributed by atoms with E-state index in [-0.39, 0.29) is 6.04 Å². The third kappa shape index (κ3) is 1.21. The van der Waals surface area contributed by atoms with E-state index in [9.17, 15) is 0 Å². The normalized spacial score (nSPS) is 13.5. The van der Waals surface area contributed by atoms with Crippen molar-refractivity contribution in [3.63, 3.8) is 0 Å². The van der Waals surface area contributed by atoms with Gasteiger partial charge in [0, 0.05) is 11.6 Å². The lowest BCUT2D eigenvalue weighted by Gasteiger charge is -2.05. The molecule has 0 radical (unpaired) electrons. The van der Waals surface area contributed by atoms with Crippen LogP contribution in [-0.4, -0.2) is 0 Å². The summed E-state index contributed by atoms with van der Waals surface area (Å²) in [5.74, 6) is 0.939. The minimum absolute atomic E-state index is 0.138. The maximum absolute atomic E-state index is 5.78. The molecule has 0 aliphatic carbocycles. The Morgan fingerprint density at radius 1 is 1.70 bits per heavy atom. The molecule has 0 unspecified atom stereocenters. The maximum atomic E-state index is 5.78. The van der Waals surface area contributed by atoms with Crippen LogP contribution in [0.2, 0.25) is 0 Å². The van der Waals surface area contributed by atoms with E-state index in [1.54, 1.807) is 6.26 Å². The molecule has 2 heteroatoms. The number of nitrogens with two attached hydrogens (primary N) is 1. The van der Waals surface area contributed by atoms with Crippen molar-refractivity contribution in [1.82, 2.24) is 0 Å².